The van der Waals surface area contributed by atoms with E-state index in [1.54, 1.807) is 23.1 Å². The molecule has 0 saturated carbocycles. The van der Waals surface area contributed by atoms with E-state index in [0.717, 1.165) is 17.5 Å². The lowest BCUT2D eigenvalue weighted by Crippen LogP contribution is -2.36. The van der Waals surface area contributed by atoms with Gasteiger partial charge in [-0.05, 0) is 42.7 Å². The number of amides is 2. The van der Waals surface area contributed by atoms with Crippen molar-refractivity contribution in [3.05, 3.63) is 106 Å². The Balaban J connectivity index is 1.82. The summed E-state index contributed by atoms with van der Waals surface area (Å²) in [5.74, 6) is -0.428. The van der Waals surface area contributed by atoms with Crippen molar-refractivity contribution in [2.75, 3.05) is 5.32 Å². The Kier molecular flexibility index (Phi) is 7.59. The third-order valence-corrected chi connectivity index (χ3v) is 6.12. The molecular weight excluding hydrogens is 452 g/mol. The molecule has 0 spiro atoms. The fourth-order valence-electron chi connectivity index (χ4n) is 4.32. The Morgan fingerprint density at radius 2 is 1.67 bits per heavy atom. The molecule has 0 aliphatic rings. The molecule has 1 atom stereocenters. The summed E-state index contributed by atoms with van der Waals surface area (Å²) in [4.78, 5) is 40.5. The van der Waals surface area contributed by atoms with Crippen molar-refractivity contribution in [3.8, 4) is 0 Å². The van der Waals surface area contributed by atoms with Gasteiger partial charge in [0.15, 0.2) is 5.69 Å². The van der Waals surface area contributed by atoms with Gasteiger partial charge in [-0.15, -0.1) is 0 Å². The number of carbonyl (C=O) groups excluding carboxylic acids is 2. The van der Waals surface area contributed by atoms with Crippen molar-refractivity contribution in [1.29, 1.82) is 0 Å². The second kappa shape index (κ2) is 11.0. The molecule has 1 N–H and O–H groups in total. The molecule has 4 aromatic rings. The smallest absolute Gasteiger partial charge is 0.275 e. The Bertz CT molecular complexity index is 1450. The molecule has 0 saturated heterocycles. The molecule has 36 heavy (non-hydrogen) atoms. The van der Waals surface area contributed by atoms with Crippen LogP contribution in [0.15, 0.2) is 83.7 Å². The molecule has 1 unspecified atom stereocenters. The first-order valence-electron chi connectivity index (χ1n) is 12.1. The van der Waals surface area contributed by atoms with Crippen LogP contribution in [0.5, 0.6) is 0 Å². The van der Waals surface area contributed by atoms with Crippen LogP contribution in [-0.2, 0) is 17.9 Å². The van der Waals surface area contributed by atoms with Gasteiger partial charge in [-0.3, -0.25) is 14.4 Å². The summed E-state index contributed by atoms with van der Waals surface area (Å²) in [5.41, 5.74) is 2.56. The first-order valence-corrected chi connectivity index (χ1v) is 12.1. The average molecular weight is 483 g/mol. The number of carbonyl (C=O) groups is 2. The molecule has 0 aliphatic carbocycles. The minimum Gasteiger partial charge on any atom is -0.326 e. The first-order chi connectivity index (χ1) is 17.4. The lowest BCUT2D eigenvalue weighted by atomic mass is 10.0. The van der Waals surface area contributed by atoms with Crippen LogP contribution < -0.4 is 10.9 Å². The number of rotatable bonds is 8. The number of benzene rings is 3. The van der Waals surface area contributed by atoms with Crippen molar-refractivity contribution in [3.63, 3.8) is 0 Å². The number of aromatic nitrogens is 2. The molecule has 184 valence electrons. The van der Waals surface area contributed by atoms with Crippen LogP contribution in [-0.4, -0.2) is 26.5 Å². The van der Waals surface area contributed by atoms with E-state index < -0.39 is 0 Å². The molecule has 0 aliphatic heterocycles. The van der Waals surface area contributed by atoms with Crippen LogP contribution >= 0.6 is 0 Å². The van der Waals surface area contributed by atoms with Gasteiger partial charge >= 0.3 is 0 Å². The lowest BCUT2D eigenvalue weighted by molar-refractivity contribution is -0.114. The zero-order chi connectivity index (χ0) is 25.7. The highest BCUT2D eigenvalue weighted by Gasteiger charge is 2.27. The second-order valence-electron chi connectivity index (χ2n) is 8.82. The maximum atomic E-state index is 14.2. The average Bonchev–Trinajstić information content (AvgIpc) is 2.88. The van der Waals surface area contributed by atoms with Gasteiger partial charge in [-0.2, -0.15) is 5.10 Å². The normalized spacial score (nSPS) is 11.8. The van der Waals surface area contributed by atoms with E-state index in [4.69, 9.17) is 0 Å². The molecule has 1 heterocycles. The predicted molar refractivity (Wildman–Crippen MR) is 142 cm³/mol. The van der Waals surface area contributed by atoms with E-state index in [0.29, 0.717) is 29.5 Å². The molecule has 2 amide bonds. The third kappa shape index (κ3) is 5.35. The highest BCUT2D eigenvalue weighted by molar-refractivity contribution is 6.05. The van der Waals surface area contributed by atoms with Crippen molar-refractivity contribution in [1.82, 2.24) is 14.7 Å². The standard InChI is InChI=1S/C29H30N4O3/c1-4-17-33-28(35)26-16-9-8-15-25(26)27(31-33)29(36)32(19-22-11-6-5-7-12-22)20(2)23-13-10-14-24(18-23)30-21(3)34/h5-16,18,20H,4,17,19H2,1-3H3,(H,30,34). The number of nitrogens with zero attached hydrogens (tertiary/aromatic N) is 3. The van der Waals surface area contributed by atoms with Crippen molar-refractivity contribution in [2.24, 2.45) is 0 Å². The Hall–Kier alpha value is -4.26. The van der Waals surface area contributed by atoms with E-state index in [2.05, 4.69) is 10.4 Å². The Labute approximate surface area is 210 Å². The van der Waals surface area contributed by atoms with Crippen LogP contribution in [0.25, 0.3) is 10.8 Å². The van der Waals surface area contributed by atoms with Crippen LogP contribution in [0.2, 0.25) is 0 Å². The maximum absolute atomic E-state index is 14.2. The number of nitrogens with one attached hydrogen (secondary N) is 1. The molecule has 0 fully saturated rings. The molecule has 4 rings (SSSR count). The lowest BCUT2D eigenvalue weighted by Gasteiger charge is -2.30. The van der Waals surface area contributed by atoms with Crippen LogP contribution in [0.4, 0.5) is 5.69 Å². The van der Waals surface area contributed by atoms with E-state index in [-0.39, 0.29) is 29.1 Å². The van der Waals surface area contributed by atoms with E-state index in [1.807, 2.05) is 74.5 Å². The van der Waals surface area contributed by atoms with E-state index in [9.17, 15) is 14.4 Å². The monoisotopic (exact) mass is 482 g/mol. The number of fused-ring (bicyclic) bond motifs is 1. The zero-order valence-corrected chi connectivity index (χ0v) is 20.8. The second-order valence-corrected chi connectivity index (χ2v) is 8.82. The van der Waals surface area contributed by atoms with E-state index in [1.165, 1.54) is 11.6 Å². The fourth-order valence-corrected chi connectivity index (χ4v) is 4.32. The molecule has 3 aromatic carbocycles. The topological polar surface area (TPSA) is 84.3 Å². The van der Waals surface area contributed by atoms with Gasteiger partial charge in [-0.25, -0.2) is 4.68 Å². The number of anilines is 1. The summed E-state index contributed by atoms with van der Waals surface area (Å²) >= 11 is 0. The molecule has 1 aromatic heterocycles. The first kappa shape index (κ1) is 24.9. The highest BCUT2D eigenvalue weighted by Crippen LogP contribution is 2.28. The van der Waals surface area contributed by atoms with Gasteiger partial charge in [-0.1, -0.05) is 67.6 Å². The van der Waals surface area contributed by atoms with Gasteiger partial charge in [0.1, 0.15) is 0 Å². The highest BCUT2D eigenvalue weighted by atomic mass is 16.2. The summed E-state index contributed by atoms with van der Waals surface area (Å²) in [6.45, 7) is 6.17. The quantitative estimate of drug-likeness (QED) is 0.376. The van der Waals surface area contributed by atoms with Crippen LogP contribution in [0, 0.1) is 0 Å². The SMILES string of the molecule is CCCn1nc(C(=O)N(Cc2ccccc2)C(C)c2cccc(NC(C)=O)c2)c2ccccc2c1=O. The van der Waals surface area contributed by atoms with Gasteiger partial charge in [0.25, 0.3) is 11.5 Å². The number of aryl methyl sites for hydroxylation is 1. The van der Waals surface area contributed by atoms with Gasteiger partial charge in [0, 0.05) is 31.1 Å². The maximum Gasteiger partial charge on any atom is 0.275 e. The number of hydrogen-bond donors (Lipinski definition) is 1. The van der Waals surface area contributed by atoms with Gasteiger partial charge < -0.3 is 10.2 Å². The molecule has 7 heteroatoms. The van der Waals surface area contributed by atoms with Crippen molar-refractivity contribution < 1.29 is 9.59 Å². The predicted octanol–water partition coefficient (Wildman–Crippen LogP) is 5.17. The van der Waals surface area contributed by atoms with Crippen molar-refractivity contribution >= 4 is 28.3 Å². The number of hydrogen-bond acceptors (Lipinski definition) is 4. The summed E-state index contributed by atoms with van der Waals surface area (Å²) in [7, 11) is 0. The Morgan fingerprint density at radius 1 is 0.972 bits per heavy atom. The minimum absolute atomic E-state index is 0.161. The Morgan fingerprint density at radius 3 is 2.36 bits per heavy atom. The molecule has 0 bridgehead atoms. The van der Waals surface area contributed by atoms with Crippen LogP contribution in [0.1, 0.15) is 54.8 Å². The van der Waals surface area contributed by atoms with Crippen LogP contribution in [0.3, 0.4) is 0 Å². The molecular formula is C29H30N4O3. The van der Waals surface area contributed by atoms with Gasteiger partial charge in [0.2, 0.25) is 5.91 Å². The summed E-state index contributed by atoms with van der Waals surface area (Å²) < 4.78 is 1.39. The van der Waals surface area contributed by atoms with Gasteiger partial charge in [0.05, 0.1) is 11.4 Å². The molecule has 0 radical (unpaired) electrons. The third-order valence-electron chi connectivity index (χ3n) is 6.12. The van der Waals surface area contributed by atoms with E-state index >= 15 is 0 Å². The summed E-state index contributed by atoms with van der Waals surface area (Å²) in [6.07, 6.45) is 0.721. The fraction of sp³-hybridized carbons (Fsp3) is 0.241. The van der Waals surface area contributed by atoms with Crippen molar-refractivity contribution in [2.45, 2.75) is 46.3 Å². The minimum atomic E-state index is -0.335. The molecule has 7 nitrogen and oxygen atoms in total. The summed E-state index contributed by atoms with van der Waals surface area (Å²) in [6, 6.07) is 24.0. The summed E-state index contributed by atoms with van der Waals surface area (Å²) in [5, 5.41) is 8.37. The largest absolute Gasteiger partial charge is 0.326 e. The zero-order valence-electron chi connectivity index (χ0n) is 20.8.